The van der Waals surface area contributed by atoms with Gasteiger partial charge in [0, 0.05) is 18.4 Å². The maximum atomic E-state index is 12.3. The van der Waals surface area contributed by atoms with Crippen molar-refractivity contribution in [2.75, 3.05) is 17.2 Å². The van der Waals surface area contributed by atoms with Crippen LogP contribution in [0, 0.1) is 11.3 Å². The molecule has 1 heterocycles. The number of carbonyl (C=O) groups is 1. The Bertz CT molecular complexity index is 691. The summed E-state index contributed by atoms with van der Waals surface area (Å²) in [7, 11) is 0. The highest BCUT2D eigenvalue weighted by molar-refractivity contribution is 6.04. The van der Waals surface area contributed by atoms with Crippen LogP contribution in [0.25, 0.3) is 0 Å². The lowest BCUT2D eigenvalue weighted by Gasteiger charge is -2.09. The maximum absolute atomic E-state index is 12.3. The van der Waals surface area contributed by atoms with Gasteiger partial charge in [-0.2, -0.15) is 5.26 Å². The number of carbonyl (C=O) groups excluding carboxylic acids is 1. The summed E-state index contributed by atoms with van der Waals surface area (Å²) in [5.41, 5.74) is 2.09. The van der Waals surface area contributed by atoms with Crippen LogP contribution in [0.4, 0.5) is 11.4 Å². The molecule has 0 aliphatic rings. The first-order valence-corrected chi connectivity index (χ1v) is 7.25. The van der Waals surface area contributed by atoms with E-state index in [-0.39, 0.29) is 5.91 Å². The van der Waals surface area contributed by atoms with Gasteiger partial charge < -0.3 is 10.6 Å². The van der Waals surface area contributed by atoms with E-state index in [2.05, 4.69) is 28.6 Å². The van der Waals surface area contributed by atoms with Gasteiger partial charge in [-0.25, -0.2) is 0 Å². The molecule has 2 rings (SSSR count). The Kier molecular flexibility index (Phi) is 5.50. The standard InChI is InChI=1S/C17H18N4O/c1-2-3-9-19-14-8-10-20-16(11-14)17(22)21-15-7-5-4-6-13(15)12-18/h4-8,10-11H,2-3,9H2,1H3,(H,19,20)(H,21,22). The minimum absolute atomic E-state index is 0.314. The van der Waals surface area contributed by atoms with Gasteiger partial charge in [-0.05, 0) is 30.7 Å². The number of amides is 1. The number of hydrogen-bond acceptors (Lipinski definition) is 4. The van der Waals surface area contributed by atoms with Crippen molar-refractivity contribution in [2.24, 2.45) is 0 Å². The molecule has 0 bridgehead atoms. The number of hydrogen-bond donors (Lipinski definition) is 2. The van der Waals surface area contributed by atoms with Gasteiger partial charge in [0.05, 0.1) is 11.3 Å². The summed E-state index contributed by atoms with van der Waals surface area (Å²) in [5.74, 6) is -0.332. The van der Waals surface area contributed by atoms with Gasteiger partial charge in [0.1, 0.15) is 11.8 Å². The molecule has 1 aromatic carbocycles. The summed E-state index contributed by atoms with van der Waals surface area (Å²) in [6.07, 6.45) is 3.77. The van der Waals surface area contributed by atoms with E-state index in [1.54, 1.807) is 36.5 Å². The van der Waals surface area contributed by atoms with Crippen LogP contribution < -0.4 is 10.6 Å². The molecule has 2 N–H and O–H groups in total. The average molecular weight is 294 g/mol. The van der Waals surface area contributed by atoms with Crippen LogP contribution in [0.2, 0.25) is 0 Å². The predicted octanol–water partition coefficient (Wildman–Crippen LogP) is 3.42. The number of pyridine rings is 1. The monoisotopic (exact) mass is 294 g/mol. The van der Waals surface area contributed by atoms with Crippen LogP contribution in [0.1, 0.15) is 35.8 Å². The number of nitrogens with zero attached hydrogens (tertiary/aromatic N) is 2. The summed E-state index contributed by atoms with van der Waals surface area (Å²) in [6, 6.07) is 12.5. The number of nitriles is 1. The molecule has 0 saturated heterocycles. The van der Waals surface area contributed by atoms with Crippen LogP contribution >= 0.6 is 0 Å². The smallest absolute Gasteiger partial charge is 0.274 e. The molecule has 0 spiro atoms. The third kappa shape index (κ3) is 4.06. The van der Waals surface area contributed by atoms with Crippen molar-refractivity contribution >= 4 is 17.3 Å². The van der Waals surface area contributed by atoms with Crippen LogP contribution in [0.15, 0.2) is 42.6 Å². The fourth-order valence-corrected chi connectivity index (χ4v) is 1.95. The van der Waals surface area contributed by atoms with E-state index in [9.17, 15) is 4.79 Å². The number of rotatable bonds is 6. The molecule has 0 radical (unpaired) electrons. The molecule has 5 heteroatoms. The van der Waals surface area contributed by atoms with E-state index < -0.39 is 0 Å². The highest BCUT2D eigenvalue weighted by Gasteiger charge is 2.10. The molecular weight excluding hydrogens is 276 g/mol. The summed E-state index contributed by atoms with van der Waals surface area (Å²) in [5, 5.41) is 15.0. The molecule has 1 amide bonds. The highest BCUT2D eigenvalue weighted by atomic mass is 16.1. The van der Waals surface area contributed by atoms with Gasteiger partial charge >= 0.3 is 0 Å². The zero-order valence-electron chi connectivity index (χ0n) is 12.5. The summed E-state index contributed by atoms with van der Waals surface area (Å²) in [4.78, 5) is 16.3. The molecule has 1 aromatic heterocycles. The second-order valence-electron chi connectivity index (χ2n) is 4.82. The van der Waals surface area contributed by atoms with Gasteiger partial charge in [0.25, 0.3) is 5.91 Å². The lowest BCUT2D eigenvalue weighted by molar-refractivity contribution is 0.102. The molecule has 0 aliphatic heterocycles. The van der Waals surface area contributed by atoms with E-state index in [4.69, 9.17) is 5.26 Å². The average Bonchev–Trinajstić information content (AvgIpc) is 2.56. The summed E-state index contributed by atoms with van der Waals surface area (Å²) < 4.78 is 0. The third-order valence-corrected chi connectivity index (χ3v) is 3.15. The minimum atomic E-state index is -0.332. The fraction of sp³-hybridized carbons (Fsp3) is 0.235. The molecule has 0 fully saturated rings. The van der Waals surface area contributed by atoms with Gasteiger partial charge in [0.2, 0.25) is 0 Å². The minimum Gasteiger partial charge on any atom is -0.385 e. The molecule has 5 nitrogen and oxygen atoms in total. The molecule has 0 saturated carbocycles. The Labute approximate surface area is 130 Å². The summed E-state index contributed by atoms with van der Waals surface area (Å²) >= 11 is 0. The van der Waals surface area contributed by atoms with Crippen molar-refractivity contribution in [3.05, 3.63) is 53.9 Å². The Morgan fingerprint density at radius 2 is 2.14 bits per heavy atom. The van der Waals surface area contributed by atoms with Gasteiger partial charge in [-0.15, -0.1) is 0 Å². The number of para-hydroxylation sites is 1. The van der Waals surface area contributed by atoms with Crippen molar-refractivity contribution < 1.29 is 4.79 Å². The normalized spacial score (nSPS) is 9.82. The SMILES string of the molecule is CCCCNc1ccnc(C(=O)Nc2ccccc2C#N)c1. The van der Waals surface area contributed by atoms with Crippen molar-refractivity contribution in [3.8, 4) is 6.07 Å². The number of nitrogens with one attached hydrogen (secondary N) is 2. The molecule has 0 unspecified atom stereocenters. The largest absolute Gasteiger partial charge is 0.385 e. The molecule has 22 heavy (non-hydrogen) atoms. The third-order valence-electron chi connectivity index (χ3n) is 3.15. The first-order chi connectivity index (χ1) is 10.7. The van der Waals surface area contributed by atoms with Crippen LogP contribution in [-0.2, 0) is 0 Å². The van der Waals surface area contributed by atoms with Gasteiger partial charge in [-0.3, -0.25) is 9.78 Å². The van der Waals surface area contributed by atoms with Crippen molar-refractivity contribution in [1.82, 2.24) is 4.98 Å². The van der Waals surface area contributed by atoms with E-state index in [1.165, 1.54) is 0 Å². The van der Waals surface area contributed by atoms with Gasteiger partial charge in [0.15, 0.2) is 0 Å². The molecular formula is C17H18N4O. The van der Waals surface area contributed by atoms with Crippen LogP contribution in [0.3, 0.4) is 0 Å². The van der Waals surface area contributed by atoms with Gasteiger partial charge in [-0.1, -0.05) is 25.5 Å². The fourth-order valence-electron chi connectivity index (χ4n) is 1.95. The van der Waals surface area contributed by atoms with E-state index in [0.29, 0.717) is 16.9 Å². The van der Waals surface area contributed by atoms with Crippen molar-refractivity contribution in [2.45, 2.75) is 19.8 Å². The lowest BCUT2D eigenvalue weighted by Crippen LogP contribution is -2.15. The molecule has 0 atom stereocenters. The molecule has 0 aliphatic carbocycles. The van der Waals surface area contributed by atoms with E-state index in [0.717, 1.165) is 25.1 Å². The zero-order valence-corrected chi connectivity index (χ0v) is 12.5. The number of anilines is 2. The number of aromatic nitrogens is 1. The van der Waals surface area contributed by atoms with E-state index >= 15 is 0 Å². The lowest BCUT2D eigenvalue weighted by atomic mass is 10.2. The number of unbranched alkanes of at least 4 members (excludes halogenated alkanes) is 1. The quantitative estimate of drug-likeness (QED) is 0.800. The predicted molar refractivity (Wildman–Crippen MR) is 86.7 cm³/mol. The first kappa shape index (κ1) is 15.5. The van der Waals surface area contributed by atoms with Crippen LogP contribution in [-0.4, -0.2) is 17.4 Å². The topological polar surface area (TPSA) is 77.8 Å². The van der Waals surface area contributed by atoms with Crippen molar-refractivity contribution in [3.63, 3.8) is 0 Å². The molecule has 112 valence electrons. The highest BCUT2D eigenvalue weighted by Crippen LogP contribution is 2.15. The Hall–Kier alpha value is -2.87. The second kappa shape index (κ2) is 7.79. The van der Waals surface area contributed by atoms with Crippen LogP contribution in [0.5, 0.6) is 0 Å². The zero-order chi connectivity index (χ0) is 15.8. The summed E-state index contributed by atoms with van der Waals surface area (Å²) in [6.45, 7) is 2.98. The maximum Gasteiger partial charge on any atom is 0.274 e. The van der Waals surface area contributed by atoms with E-state index in [1.807, 2.05) is 6.07 Å². The molecule has 2 aromatic rings. The Morgan fingerprint density at radius 1 is 1.32 bits per heavy atom. The number of benzene rings is 1. The Balaban J connectivity index is 2.09. The van der Waals surface area contributed by atoms with Crippen molar-refractivity contribution in [1.29, 1.82) is 5.26 Å². The first-order valence-electron chi connectivity index (χ1n) is 7.25. The second-order valence-corrected chi connectivity index (χ2v) is 4.82. The Morgan fingerprint density at radius 3 is 2.91 bits per heavy atom.